The van der Waals surface area contributed by atoms with E-state index in [4.69, 9.17) is 0 Å². The molecule has 76 valence electrons. The molecule has 1 N–H and O–H groups in total. The number of aliphatic hydroxyl groups excluding tert-OH is 1. The zero-order valence-electron chi connectivity index (χ0n) is 8.82. The smallest absolute Gasteiger partial charge is 0.171 e. The Labute approximate surface area is 84.6 Å². The molecular weight excluding hydrogens is 176 g/mol. The second kappa shape index (κ2) is 3.93. The highest BCUT2D eigenvalue weighted by Crippen LogP contribution is 2.25. The van der Waals surface area contributed by atoms with Gasteiger partial charge in [0, 0.05) is 5.41 Å². The van der Waals surface area contributed by atoms with E-state index in [1.807, 2.05) is 39.0 Å². The molecule has 1 rings (SSSR count). The van der Waals surface area contributed by atoms with Crippen molar-refractivity contribution >= 4 is 5.78 Å². The third-order valence-corrected chi connectivity index (χ3v) is 2.10. The number of Topliss-reactive ketones (excluding diaryl/α,β-unsaturated/α-hetero) is 1. The van der Waals surface area contributed by atoms with Crippen LogP contribution in [0.25, 0.3) is 0 Å². The second-order valence-electron chi connectivity index (χ2n) is 4.43. The quantitative estimate of drug-likeness (QED) is 0.780. The van der Waals surface area contributed by atoms with Crippen LogP contribution in [0.1, 0.15) is 32.4 Å². The lowest BCUT2D eigenvalue weighted by Gasteiger charge is -2.20. The maximum atomic E-state index is 11.7. The van der Waals surface area contributed by atoms with Crippen LogP contribution in [0, 0.1) is 5.41 Å². The maximum absolute atomic E-state index is 11.7. The Morgan fingerprint density at radius 3 is 2.14 bits per heavy atom. The summed E-state index contributed by atoms with van der Waals surface area (Å²) in [6, 6.07) is 9.00. The molecule has 0 spiro atoms. The fourth-order valence-corrected chi connectivity index (χ4v) is 1.20. The van der Waals surface area contributed by atoms with Crippen molar-refractivity contribution in [3.8, 4) is 0 Å². The van der Waals surface area contributed by atoms with Crippen molar-refractivity contribution in [2.75, 3.05) is 0 Å². The average molecular weight is 192 g/mol. The first kappa shape index (κ1) is 10.9. The lowest BCUT2D eigenvalue weighted by Crippen LogP contribution is -2.26. The fourth-order valence-electron chi connectivity index (χ4n) is 1.20. The first-order valence-corrected chi connectivity index (χ1v) is 4.70. The molecule has 0 heterocycles. The number of rotatable bonds is 2. The Morgan fingerprint density at radius 1 is 1.21 bits per heavy atom. The van der Waals surface area contributed by atoms with Gasteiger partial charge < -0.3 is 5.11 Å². The summed E-state index contributed by atoms with van der Waals surface area (Å²) >= 11 is 0. The normalized spacial score (nSPS) is 13.7. The molecule has 0 saturated carbocycles. The number of carbonyl (C=O) groups excluding carboxylic acids is 1. The molecular formula is C12H16O2. The molecule has 14 heavy (non-hydrogen) atoms. The van der Waals surface area contributed by atoms with E-state index in [0.29, 0.717) is 5.56 Å². The fraction of sp³-hybridized carbons (Fsp3) is 0.417. The molecule has 0 unspecified atom stereocenters. The minimum Gasteiger partial charge on any atom is -0.381 e. The molecule has 0 saturated heterocycles. The summed E-state index contributed by atoms with van der Waals surface area (Å²) in [6.07, 6.45) is -1.00. The number of hydrogen-bond acceptors (Lipinski definition) is 2. The van der Waals surface area contributed by atoms with Crippen LogP contribution in [0.2, 0.25) is 0 Å². The van der Waals surface area contributed by atoms with Crippen molar-refractivity contribution in [2.45, 2.75) is 26.9 Å². The van der Waals surface area contributed by atoms with Crippen LogP contribution in [0.4, 0.5) is 0 Å². The van der Waals surface area contributed by atoms with Gasteiger partial charge in [-0.25, -0.2) is 0 Å². The Balaban J connectivity index is 2.87. The Hall–Kier alpha value is -1.15. The molecule has 0 aliphatic carbocycles. The van der Waals surface area contributed by atoms with E-state index in [1.165, 1.54) is 0 Å². The molecule has 0 fully saturated rings. The molecule has 1 aromatic carbocycles. The van der Waals surface area contributed by atoms with Gasteiger partial charge in [0.2, 0.25) is 0 Å². The molecule has 0 aliphatic rings. The minimum atomic E-state index is -1.00. The van der Waals surface area contributed by atoms with E-state index >= 15 is 0 Å². The van der Waals surface area contributed by atoms with Gasteiger partial charge in [-0.15, -0.1) is 0 Å². The van der Waals surface area contributed by atoms with Crippen molar-refractivity contribution in [3.05, 3.63) is 35.9 Å². The molecule has 0 bridgehead atoms. The van der Waals surface area contributed by atoms with E-state index in [9.17, 15) is 9.90 Å². The van der Waals surface area contributed by atoms with Gasteiger partial charge in [-0.3, -0.25) is 4.79 Å². The van der Waals surface area contributed by atoms with Gasteiger partial charge in [0.05, 0.1) is 0 Å². The van der Waals surface area contributed by atoms with E-state index < -0.39 is 11.5 Å². The van der Waals surface area contributed by atoms with Crippen molar-refractivity contribution in [3.63, 3.8) is 0 Å². The van der Waals surface area contributed by atoms with Gasteiger partial charge in [-0.2, -0.15) is 0 Å². The third kappa shape index (κ3) is 2.42. The summed E-state index contributed by atoms with van der Waals surface area (Å²) in [6.45, 7) is 5.42. The highest BCUT2D eigenvalue weighted by Gasteiger charge is 2.28. The molecule has 0 radical (unpaired) electrons. The largest absolute Gasteiger partial charge is 0.381 e. The van der Waals surface area contributed by atoms with Crippen LogP contribution in [-0.4, -0.2) is 10.9 Å². The highest BCUT2D eigenvalue weighted by molar-refractivity contribution is 5.88. The van der Waals surface area contributed by atoms with E-state index in [0.717, 1.165) is 0 Å². The molecule has 2 heteroatoms. The molecule has 0 amide bonds. The molecule has 1 aromatic rings. The van der Waals surface area contributed by atoms with Gasteiger partial charge in [0.1, 0.15) is 6.10 Å². The first-order valence-electron chi connectivity index (χ1n) is 4.70. The van der Waals surface area contributed by atoms with Gasteiger partial charge in [0.15, 0.2) is 5.78 Å². The van der Waals surface area contributed by atoms with Crippen LogP contribution in [0.5, 0.6) is 0 Å². The lowest BCUT2D eigenvalue weighted by molar-refractivity contribution is -0.135. The summed E-state index contributed by atoms with van der Waals surface area (Å²) < 4.78 is 0. The van der Waals surface area contributed by atoms with Crippen LogP contribution < -0.4 is 0 Å². The van der Waals surface area contributed by atoms with Crippen LogP contribution in [-0.2, 0) is 4.79 Å². The van der Waals surface area contributed by atoms with Gasteiger partial charge in [-0.1, -0.05) is 51.1 Å². The number of benzene rings is 1. The summed E-state index contributed by atoms with van der Waals surface area (Å²) in [5.74, 6) is -0.149. The molecule has 2 nitrogen and oxygen atoms in total. The van der Waals surface area contributed by atoms with E-state index in [2.05, 4.69) is 0 Å². The van der Waals surface area contributed by atoms with Gasteiger partial charge in [-0.05, 0) is 5.56 Å². The zero-order chi connectivity index (χ0) is 10.8. The topological polar surface area (TPSA) is 37.3 Å². The second-order valence-corrected chi connectivity index (χ2v) is 4.43. The van der Waals surface area contributed by atoms with Crippen molar-refractivity contribution < 1.29 is 9.90 Å². The number of hydrogen-bond donors (Lipinski definition) is 1. The standard InChI is InChI=1S/C12H16O2/c1-12(2,3)11(14)10(13)9-7-5-4-6-8-9/h4-8,10,13H,1-3H3/t10-/m0/s1. The SMILES string of the molecule is CC(C)(C)C(=O)[C@@H](O)c1ccccc1. The first-order chi connectivity index (χ1) is 6.43. The Kier molecular flexibility index (Phi) is 3.06. The number of carbonyl (C=O) groups is 1. The van der Waals surface area contributed by atoms with Crippen LogP contribution in [0.15, 0.2) is 30.3 Å². The summed E-state index contributed by atoms with van der Waals surface area (Å²) in [5.41, 5.74) is 0.155. The Morgan fingerprint density at radius 2 is 1.71 bits per heavy atom. The monoisotopic (exact) mass is 192 g/mol. The van der Waals surface area contributed by atoms with Crippen LogP contribution in [0.3, 0.4) is 0 Å². The van der Waals surface area contributed by atoms with Crippen LogP contribution >= 0.6 is 0 Å². The molecule has 1 atom stereocenters. The maximum Gasteiger partial charge on any atom is 0.171 e. The number of ketones is 1. The summed E-state index contributed by atoms with van der Waals surface area (Å²) in [7, 11) is 0. The third-order valence-electron chi connectivity index (χ3n) is 2.10. The summed E-state index contributed by atoms with van der Waals surface area (Å²) in [5, 5.41) is 9.78. The van der Waals surface area contributed by atoms with Crippen molar-refractivity contribution in [1.29, 1.82) is 0 Å². The average Bonchev–Trinajstić information content (AvgIpc) is 2.15. The van der Waals surface area contributed by atoms with Gasteiger partial charge >= 0.3 is 0 Å². The highest BCUT2D eigenvalue weighted by atomic mass is 16.3. The zero-order valence-corrected chi connectivity index (χ0v) is 8.82. The van der Waals surface area contributed by atoms with Crippen molar-refractivity contribution in [1.82, 2.24) is 0 Å². The van der Waals surface area contributed by atoms with Crippen molar-refractivity contribution in [2.24, 2.45) is 5.41 Å². The lowest BCUT2D eigenvalue weighted by atomic mass is 9.85. The summed E-state index contributed by atoms with van der Waals surface area (Å²) in [4.78, 5) is 11.7. The predicted octanol–water partition coefficient (Wildman–Crippen LogP) is 2.34. The minimum absolute atomic E-state index is 0.149. The number of aliphatic hydroxyl groups is 1. The van der Waals surface area contributed by atoms with E-state index in [-0.39, 0.29) is 5.78 Å². The van der Waals surface area contributed by atoms with Gasteiger partial charge in [0.25, 0.3) is 0 Å². The van der Waals surface area contributed by atoms with E-state index in [1.54, 1.807) is 12.1 Å². The molecule has 0 aliphatic heterocycles. The Bertz CT molecular complexity index is 309. The predicted molar refractivity (Wildman–Crippen MR) is 55.9 cm³/mol. The molecule has 0 aromatic heterocycles.